The largest absolute Gasteiger partial charge is 0.573 e. The average Bonchev–Trinajstić information content (AvgIpc) is 2.68. The van der Waals surface area contributed by atoms with Gasteiger partial charge >= 0.3 is 24.7 Å². The van der Waals surface area contributed by atoms with E-state index in [0.717, 1.165) is 13.0 Å². The molecule has 0 aromatic heterocycles. The second-order valence-corrected chi connectivity index (χ2v) is 6.59. The fourth-order valence-corrected chi connectivity index (χ4v) is 2.71. The van der Waals surface area contributed by atoms with E-state index < -0.39 is 72.4 Å². The summed E-state index contributed by atoms with van der Waals surface area (Å²) in [6.07, 6.45) is -15.8. The van der Waals surface area contributed by atoms with E-state index in [-0.39, 0.29) is 11.1 Å². The Hall–Kier alpha value is -3.92. The first-order valence-electron chi connectivity index (χ1n) is 9.24. The lowest BCUT2D eigenvalue weighted by Crippen LogP contribution is -2.41. The van der Waals surface area contributed by atoms with Crippen molar-refractivity contribution in [2.24, 2.45) is 0 Å². The van der Waals surface area contributed by atoms with Crippen LogP contribution in [0, 0.1) is 17.0 Å². The lowest BCUT2D eigenvalue weighted by atomic mass is 9.99. The lowest BCUT2D eigenvalue weighted by molar-refractivity contribution is -0.757. The van der Waals surface area contributed by atoms with Gasteiger partial charge in [-0.15, -0.1) is 23.3 Å². The van der Waals surface area contributed by atoms with Gasteiger partial charge in [-0.3, -0.25) is 0 Å². The van der Waals surface area contributed by atoms with Crippen molar-refractivity contribution < 1.29 is 69.5 Å². The number of ether oxygens (including phenoxy) is 5. The first-order chi connectivity index (χ1) is 16.1. The van der Waals surface area contributed by atoms with Gasteiger partial charge in [-0.2, -0.15) is 13.2 Å². The Kier molecular flexibility index (Phi) is 8.24. The van der Waals surface area contributed by atoms with Gasteiger partial charge in [0.15, 0.2) is 0 Å². The van der Waals surface area contributed by atoms with E-state index in [0.29, 0.717) is 12.1 Å². The van der Waals surface area contributed by atoms with Gasteiger partial charge in [0.2, 0.25) is 12.4 Å². The zero-order chi connectivity index (χ0) is 26.6. The third-order valence-corrected chi connectivity index (χ3v) is 3.91. The number of benzene rings is 1. The molecule has 0 saturated heterocycles. The smallest absolute Gasteiger partial charge is 0.475 e. The van der Waals surface area contributed by atoms with Crippen molar-refractivity contribution in [3.05, 3.63) is 38.9 Å². The number of hydrogen-bond acceptors (Lipinski definition) is 10. The highest BCUT2D eigenvalue weighted by atomic mass is 19.4. The van der Waals surface area contributed by atoms with E-state index in [1.54, 1.807) is 0 Å². The van der Waals surface area contributed by atoms with E-state index in [2.05, 4.69) is 23.8 Å². The average molecular weight is 519 g/mol. The van der Waals surface area contributed by atoms with Gasteiger partial charge in [0, 0.05) is 12.5 Å². The summed E-state index contributed by atoms with van der Waals surface area (Å²) < 4.78 is 100. The predicted octanol–water partition coefficient (Wildman–Crippen LogP) is 3.85. The summed E-state index contributed by atoms with van der Waals surface area (Å²) in [5, 5.41) is 8.81. The summed E-state index contributed by atoms with van der Waals surface area (Å²) in [7, 11) is 0. The van der Waals surface area contributed by atoms with E-state index in [1.807, 2.05) is 0 Å². The van der Waals surface area contributed by atoms with Crippen molar-refractivity contribution in [1.82, 2.24) is 0 Å². The van der Waals surface area contributed by atoms with E-state index in [1.165, 1.54) is 6.92 Å². The number of fused-ring (bicyclic) bond motifs is 1. The van der Waals surface area contributed by atoms with Gasteiger partial charge in [-0.05, 0) is 30.7 Å². The Balaban J connectivity index is 2.19. The highest BCUT2D eigenvalue weighted by molar-refractivity contribution is 5.96. The van der Waals surface area contributed by atoms with Gasteiger partial charge < -0.3 is 28.5 Å². The molecule has 1 heterocycles. The molecule has 1 aliphatic heterocycles. The maximum Gasteiger partial charge on any atom is 0.573 e. The highest BCUT2D eigenvalue weighted by Crippen LogP contribution is 2.41. The van der Waals surface area contributed by atoms with E-state index in [4.69, 9.17) is 4.74 Å². The number of hydrogen-bond donors (Lipinski definition) is 0. The van der Waals surface area contributed by atoms with Crippen LogP contribution in [0.3, 0.4) is 0 Å². The molecule has 2 unspecified atom stereocenters. The molecular weight excluding hydrogens is 504 g/mol. The van der Waals surface area contributed by atoms with Crippen molar-refractivity contribution in [2.75, 3.05) is 13.2 Å². The molecule has 2 atom stereocenters. The number of carbonyl (C=O) groups excluding carboxylic acids is 2. The highest BCUT2D eigenvalue weighted by Gasteiger charge is 2.49. The van der Waals surface area contributed by atoms with Gasteiger partial charge in [-0.1, -0.05) is 0 Å². The zero-order valence-corrected chi connectivity index (χ0v) is 17.6. The van der Waals surface area contributed by atoms with Gasteiger partial charge in [0.25, 0.3) is 5.09 Å². The number of nitrogens with zero attached hydrogens (tertiary/aromatic N) is 1. The van der Waals surface area contributed by atoms with Crippen LogP contribution in [0.1, 0.15) is 18.1 Å². The quantitative estimate of drug-likeness (QED) is 0.125. The minimum absolute atomic E-state index is 0.139. The van der Waals surface area contributed by atoms with Crippen molar-refractivity contribution in [3.63, 3.8) is 0 Å². The number of aryl methyl sites for hydroxylation is 1. The summed E-state index contributed by atoms with van der Waals surface area (Å²) in [4.78, 5) is 37.7. The first kappa shape index (κ1) is 27.3. The number of rotatable bonds is 8. The predicted molar refractivity (Wildman–Crippen MR) is 97.2 cm³/mol. The topological polar surface area (TPSA) is 133 Å². The number of carbonyl (C=O) groups is 2. The van der Waals surface area contributed by atoms with Gasteiger partial charge in [0.05, 0.1) is 5.57 Å². The second kappa shape index (κ2) is 10.6. The Labute approximate surface area is 191 Å². The molecule has 0 fully saturated rings. The monoisotopic (exact) mass is 519 g/mol. The molecular formula is C18H15F6NO10. The van der Waals surface area contributed by atoms with E-state index in [9.17, 15) is 46.0 Å². The third kappa shape index (κ3) is 8.11. The maximum atomic E-state index is 13.5. The van der Waals surface area contributed by atoms with Crippen LogP contribution in [0.25, 0.3) is 6.08 Å². The van der Waals surface area contributed by atoms with Gasteiger partial charge in [0.1, 0.15) is 24.7 Å². The Bertz CT molecular complexity index is 1010. The third-order valence-electron chi connectivity index (χ3n) is 3.91. The molecule has 35 heavy (non-hydrogen) atoms. The molecule has 0 N–H and O–H groups in total. The maximum absolute atomic E-state index is 13.5. The molecule has 1 aromatic carbocycles. The molecule has 0 bridgehead atoms. The summed E-state index contributed by atoms with van der Waals surface area (Å²) in [5.74, 6) is -2.88. The van der Waals surface area contributed by atoms with Crippen LogP contribution in [-0.2, 0) is 23.8 Å². The SMILES string of the molecule is Cc1cc(OC(F)(F)F)cc2c1OC(C(F)(F)F)C(C(=O)OC(C)OC(=O)OCCO[N+](=O)[O-])=C2. The first-order valence-corrected chi connectivity index (χ1v) is 9.24. The molecule has 0 saturated carbocycles. The minimum atomic E-state index is -5.14. The molecule has 17 heteroatoms. The normalized spacial score (nSPS) is 16.1. The van der Waals surface area contributed by atoms with Crippen LogP contribution in [-0.4, -0.2) is 55.4 Å². The van der Waals surface area contributed by atoms with Crippen molar-refractivity contribution in [2.45, 2.75) is 38.8 Å². The van der Waals surface area contributed by atoms with Crippen LogP contribution in [0.2, 0.25) is 0 Å². The summed E-state index contributed by atoms with van der Waals surface area (Å²) >= 11 is 0. The molecule has 2 rings (SSSR count). The number of esters is 1. The molecule has 1 aromatic rings. The van der Waals surface area contributed by atoms with Crippen molar-refractivity contribution in [3.8, 4) is 11.5 Å². The zero-order valence-electron chi connectivity index (χ0n) is 17.6. The molecule has 0 radical (unpaired) electrons. The van der Waals surface area contributed by atoms with Crippen molar-refractivity contribution in [1.29, 1.82) is 0 Å². The lowest BCUT2D eigenvalue weighted by Gasteiger charge is -2.29. The minimum Gasteiger partial charge on any atom is -0.475 e. The molecule has 0 aliphatic carbocycles. The summed E-state index contributed by atoms with van der Waals surface area (Å²) in [6, 6.07) is 1.51. The van der Waals surface area contributed by atoms with Crippen LogP contribution in [0.4, 0.5) is 31.1 Å². The molecule has 0 amide bonds. The summed E-state index contributed by atoms with van der Waals surface area (Å²) in [6.45, 7) is 0.832. The number of halogens is 6. The van der Waals surface area contributed by atoms with E-state index >= 15 is 0 Å². The molecule has 0 spiro atoms. The Morgan fingerprint density at radius 2 is 1.80 bits per heavy atom. The Morgan fingerprint density at radius 3 is 2.37 bits per heavy atom. The Morgan fingerprint density at radius 1 is 1.14 bits per heavy atom. The number of alkyl halides is 6. The van der Waals surface area contributed by atoms with Crippen molar-refractivity contribution >= 4 is 18.2 Å². The fourth-order valence-electron chi connectivity index (χ4n) is 2.71. The van der Waals surface area contributed by atoms with Crippen LogP contribution in [0.15, 0.2) is 17.7 Å². The fraction of sp³-hybridized carbons (Fsp3) is 0.444. The molecule has 1 aliphatic rings. The molecule has 194 valence electrons. The second-order valence-electron chi connectivity index (χ2n) is 6.59. The van der Waals surface area contributed by atoms with Gasteiger partial charge in [-0.25, -0.2) is 9.59 Å². The van der Waals surface area contributed by atoms with Crippen LogP contribution in [0.5, 0.6) is 11.5 Å². The standard InChI is InChI=1S/C18H15F6NO10/c1-8-5-11(35-18(22,23)24)6-10-7-12(14(17(19,20)21)34-13(8)10)15(26)32-9(2)33-16(27)30-3-4-31-25(28)29/h5-7,9,14H,3-4H2,1-2H3. The summed E-state index contributed by atoms with van der Waals surface area (Å²) in [5.41, 5.74) is -1.63. The van der Waals surface area contributed by atoms with Crippen LogP contribution >= 0.6 is 0 Å². The van der Waals surface area contributed by atoms with Crippen LogP contribution < -0.4 is 9.47 Å². The molecule has 11 nitrogen and oxygen atoms in total.